The van der Waals surface area contributed by atoms with Crippen molar-refractivity contribution in [3.63, 3.8) is 0 Å². The minimum atomic E-state index is 0.0981. The van der Waals surface area contributed by atoms with Gasteiger partial charge in [0.1, 0.15) is 0 Å². The van der Waals surface area contributed by atoms with Crippen LogP contribution in [0.1, 0.15) is 51.9 Å². The number of nitrogens with zero attached hydrogens (tertiary/aromatic N) is 2. The topological polar surface area (TPSA) is 68.8 Å². The van der Waals surface area contributed by atoms with Crippen LogP contribution < -0.4 is 16.0 Å². The zero-order chi connectivity index (χ0) is 18.1. The van der Waals surface area contributed by atoms with E-state index in [0.717, 1.165) is 50.3 Å². The molecule has 2 rings (SSSR count). The average Bonchev–Trinajstić information content (AvgIpc) is 2.62. The molecular weight excluding hydrogens is 314 g/mol. The quantitative estimate of drug-likeness (QED) is 0.502. The smallest absolute Gasteiger partial charge is 0.233 e. The predicted molar refractivity (Wildman–Crippen MR) is 104 cm³/mol. The van der Waals surface area contributed by atoms with E-state index in [9.17, 15) is 4.79 Å². The van der Waals surface area contributed by atoms with Crippen molar-refractivity contribution in [3.8, 4) is 0 Å². The maximum Gasteiger partial charge on any atom is 0.233 e. The van der Waals surface area contributed by atoms with Crippen LogP contribution in [-0.2, 0) is 4.79 Å². The maximum absolute atomic E-state index is 11.5. The first-order chi connectivity index (χ1) is 12.1. The molecule has 0 aromatic carbocycles. The van der Waals surface area contributed by atoms with E-state index in [2.05, 4.69) is 32.8 Å². The van der Waals surface area contributed by atoms with Gasteiger partial charge in [-0.05, 0) is 37.5 Å². The monoisotopic (exact) mass is 351 g/mol. The number of guanidine groups is 1. The Morgan fingerprint density at radius 1 is 1.20 bits per heavy atom. The first kappa shape index (κ1) is 20.0. The van der Waals surface area contributed by atoms with Crippen molar-refractivity contribution >= 4 is 11.9 Å². The zero-order valence-electron chi connectivity index (χ0n) is 16.3. The molecule has 0 bridgehead atoms. The zero-order valence-corrected chi connectivity index (χ0v) is 16.3. The normalized spacial score (nSPS) is 26.3. The Labute approximate surface area is 153 Å². The summed E-state index contributed by atoms with van der Waals surface area (Å²) in [6.07, 6.45) is 8.93. The van der Waals surface area contributed by atoms with Crippen LogP contribution >= 0.6 is 0 Å². The minimum Gasteiger partial charge on any atom is -0.358 e. The first-order valence-corrected chi connectivity index (χ1v) is 10.0. The number of carbonyl (C=O) groups is 1. The Bertz CT molecular complexity index is 432. The Morgan fingerprint density at radius 3 is 2.60 bits per heavy atom. The summed E-state index contributed by atoms with van der Waals surface area (Å²) in [4.78, 5) is 18.1. The molecule has 6 nitrogen and oxygen atoms in total. The van der Waals surface area contributed by atoms with Gasteiger partial charge in [-0.25, -0.2) is 0 Å². The van der Waals surface area contributed by atoms with Gasteiger partial charge >= 0.3 is 0 Å². The summed E-state index contributed by atoms with van der Waals surface area (Å²) in [5, 5.41) is 9.74. The molecule has 3 N–H and O–H groups in total. The van der Waals surface area contributed by atoms with Gasteiger partial charge in [-0.2, -0.15) is 0 Å². The summed E-state index contributed by atoms with van der Waals surface area (Å²) in [5.41, 5.74) is 0. The third kappa shape index (κ3) is 7.22. The largest absolute Gasteiger partial charge is 0.358 e. The van der Waals surface area contributed by atoms with Crippen LogP contribution in [0.3, 0.4) is 0 Å². The van der Waals surface area contributed by atoms with Gasteiger partial charge in [0, 0.05) is 39.8 Å². The van der Waals surface area contributed by atoms with Crippen molar-refractivity contribution in [2.45, 2.75) is 57.9 Å². The van der Waals surface area contributed by atoms with Crippen molar-refractivity contribution in [2.24, 2.45) is 16.8 Å². The van der Waals surface area contributed by atoms with Gasteiger partial charge in [0.05, 0.1) is 6.54 Å². The van der Waals surface area contributed by atoms with Crippen molar-refractivity contribution in [1.82, 2.24) is 20.9 Å². The second-order valence-corrected chi connectivity index (χ2v) is 7.79. The Balaban J connectivity index is 1.63. The van der Waals surface area contributed by atoms with Gasteiger partial charge in [-0.3, -0.25) is 14.7 Å². The molecule has 25 heavy (non-hydrogen) atoms. The van der Waals surface area contributed by atoms with Crippen molar-refractivity contribution < 1.29 is 4.79 Å². The molecule has 6 heteroatoms. The van der Waals surface area contributed by atoms with Crippen molar-refractivity contribution in [2.75, 3.05) is 40.3 Å². The lowest BCUT2D eigenvalue weighted by Gasteiger charge is -2.32. The van der Waals surface area contributed by atoms with Gasteiger partial charge in [-0.15, -0.1) is 0 Å². The number of hydrogen-bond acceptors (Lipinski definition) is 3. The van der Waals surface area contributed by atoms with E-state index >= 15 is 0 Å². The molecule has 0 aromatic rings. The van der Waals surface area contributed by atoms with Gasteiger partial charge in [0.15, 0.2) is 5.96 Å². The van der Waals surface area contributed by atoms with Crippen LogP contribution in [0.25, 0.3) is 0 Å². The van der Waals surface area contributed by atoms with Crippen LogP contribution in [-0.4, -0.2) is 63.1 Å². The fourth-order valence-corrected chi connectivity index (χ4v) is 4.12. The summed E-state index contributed by atoms with van der Waals surface area (Å²) < 4.78 is 0. The van der Waals surface area contributed by atoms with Crippen LogP contribution in [0, 0.1) is 11.8 Å². The standard InChI is InChI=1S/C19H37N5O/c1-15-5-4-6-16(13-15)7-10-22-19(21-3)23-17-8-11-24(12-9-17)14-18(25)20-2/h15-17H,4-14H2,1-3H3,(H,20,25)(H2,21,22,23). The van der Waals surface area contributed by atoms with Gasteiger partial charge in [0.2, 0.25) is 5.91 Å². The molecule has 144 valence electrons. The Kier molecular flexibility index (Phi) is 8.52. The summed E-state index contributed by atoms with van der Waals surface area (Å²) >= 11 is 0. The molecule has 0 aromatic heterocycles. The summed E-state index contributed by atoms with van der Waals surface area (Å²) in [7, 11) is 3.54. The number of likely N-dealkylation sites (N-methyl/N-ethyl adjacent to an activating group) is 1. The molecule has 1 aliphatic heterocycles. The highest BCUT2D eigenvalue weighted by Gasteiger charge is 2.22. The molecule has 1 heterocycles. The molecule has 1 saturated heterocycles. The van der Waals surface area contributed by atoms with Crippen LogP contribution in [0.15, 0.2) is 4.99 Å². The number of amides is 1. The number of aliphatic imine (C=N–C) groups is 1. The highest BCUT2D eigenvalue weighted by Crippen LogP contribution is 2.30. The van der Waals surface area contributed by atoms with E-state index in [1.807, 2.05) is 7.05 Å². The number of rotatable bonds is 6. The molecule has 0 radical (unpaired) electrons. The highest BCUT2D eigenvalue weighted by atomic mass is 16.1. The van der Waals surface area contributed by atoms with E-state index in [4.69, 9.17) is 0 Å². The van der Waals surface area contributed by atoms with Crippen LogP contribution in [0.4, 0.5) is 0 Å². The second-order valence-electron chi connectivity index (χ2n) is 7.79. The number of likely N-dealkylation sites (tertiary alicyclic amines) is 1. The van der Waals surface area contributed by atoms with Crippen LogP contribution in [0.2, 0.25) is 0 Å². The van der Waals surface area contributed by atoms with E-state index in [1.165, 1.54) is 32.1 Å². The third-order valence-corrected chi connectivity index (χ3v) is 5.69. The average molecular weight is 352 g/mol. The lowest BCUT2D eigenvalue weighted by atomic mass is 9.81. The van der Waals surface area contributed by atoms with Gasteiger partial charge in [0.25, 0.3) is 0 Å². The Morgan fingerprint density at radius 2 is 1.96 bits per heavy atom. The molecule has 2 atom stereocenters. The lowest BCUT2D eigenvalue weighted by Crippen LogP contribution is -2.50. The van der Waals surface area contributed by atoms with E-state index < -0.39 is 0 Å². The number of nitrogens with one attached hydrogen (secondary N) is 3. The van der Waals surface area contributed by atoms with E-state index in [-0.39, 0.29) is 5.91 Å². The highest BCUT2D eigenvalue weighted by molar-refractivity contribution is 5.80. The molecule has 1 amide bonds. The van der Waals surface area contributed by atoms with Crippen molar-refractivity contribution in [1.29, 1.82) is 0 Å². The molecule has 2 fully saturated rings. The first-order valence-electron chi connectivity index (χ1n) is 10.0. The maximum atomic E-state index is 11.5. The fourth-order valence-electron chi connectivity index (χ4n) is 4.12. The number of hydrogen-bond donors (Lipinski definition) is 3. The molecule has 1 saturated carbocycles. The van der Waals surface area contributed by atoms with Crippen LogP contribution in [0.5, 0.6) is 0 Å². The summed E-state index contributed by atoms with van der Waals surface area (Å²) in [5.74, 6) is 2.80. The minimum absolute atomic E-state index is 0.0981. The van der Waals surface area contributed by atoms with Crippen molar-refractivity contribution in [3.05, 3.63) is 0 Å². The molecular formula is C19H37N5O. The third-order valence-electron chi connectivity index (χ3n) is 5.69. The number of carbonyl (C=O) groups excluding carboxylic acids is 1. The fraction of sp³-hybridized carbons (Fsp3) is 0.895. The van der Waals surface area contributed by atoms with E-state index in [1.54, 1.807) is 7.05 Å². The number of piperidine rings is 1. The van der Waals surface area contributed by atoms with Gasteiger partial charge in [-0.1, -0.05) is 26.2 Å². The molecule has 2 aliphatic rings. The SMILES string of the molecule is CN=C(NCCC1CCCC(C)C1)NC1CCN(CC(=O)NC)CC1. The van der Waals surface area contributed by atoms with E-state index in [0.29, 0.717) is 12.6 Å². The Hall–Kier alpha value is -1.30. The summed E-state index contributed by atoms with van der Waals surface area (Å²) in [6.45, 7) is 5.82. The molecule has 0 spiro atoms. The summed E-state index contributed by atoms with van der Waals surface area (Å²) in [6, 6.07) is 0.446. The second kappa shape index (κ2) is 10.6. The predicted octanol–water partition coefficient (Wildman–Crippen LogP) is 1.58. The van der Waals surface area contributed by atoms with Gasteiger partial charge < -0.3 is 16.0 Å². The molecule has 2 unspecified atom stereocenters. The molecule has 1 aliphatic carbocycles. The lowest BCUT2D eigenvalue weighted by molar-refractivity contribution is -0.122.